The Bertz CT molecular complexity index is 1420. The lowest BCUT2D eigenvalue weighted by Crippen LogP contribution is -2.40. The van der Waals surface area contributed by atoms with Crippen molar-refractivity contribution in [3.8, 4) is 11.5 Å². The molecule has 4 aliphatic carbocycles. The van der Waals surface area contributed by atoms with E-state index in [1.165, 1.54) is 4.90 Å². The molecule has 1 heterocycles. The second kappa shape index (κ2) is 8.17. The number of anilines is 2. The molecule has 3 amide bonds. The summed E-state index contributed by atoms with van der Waals surface area (Å²) >= 11 is 0. The summed E-state index contributed by atoms with van der Waals surface area (Å²) < 4.78 is 5.85. The molecule has 0 radical (unpaired) electrons. The summed E-state index contributed by atoms with van der Waals surface area (Å²) in [5, 5.41) is 2.89. The van der Waals surface area contributed by atoms with Crippen LogP contribution in [0.2, 0.25) is 0 Å². The van der Waals surface area contributed by atoms with E-state index in [0.717, 1.165) is 17.7 Å². The number of carbonyl (C=O) groups excluding carboxylic acids is 3. The minimum absolute atomic E-state index is 0.124. The molecule has 3 aromatic rings. The van der Waals surface area contributed by atoms with Crippen LogP contribution in [0, 0.1) is 42.4 Å². The van der Waals surface area contributed by atoms with Crippen molar-refractivity contribution in [2.45, 2.75) is 13.3 Å². The van der Waals surface area contributed by atoms with E-state index in [1.807, 2.05) is 31.2 Å². The predicted octanol–water partition coefficient (Wildman–Crippen LogP) is 5.60. The SMILES string of the molecule is Cc1ccc(Oc2ccc(NC(=O)c3cccc(N4C(=O)[C@@H]5[C@H]6C=C[C@@H]([C@@H]7C[C@H]67)[C@@H]5C4=O)c3)cc2)cc1. The zero-order valence-corrected chi connectivity index (χ0v) is 20.3. The van der Waals surface area contributed by atoms with Crippen molar-refractivity contribution < 1.29 is 19.1 Å². The molecule has 0 unspecified atom stereocenters. The monoisotopic (exact) mass is 490 g/mol. The lowest BCUT2D eigenvalue weighted by Gasteiger charge is -2.37. The maximum Gasteiger partial charge on any atom is 0.255 e. The van der Waals surface area contributed by atoms with Gasteiger partial charge in [-0.15, -0.1) is 0 Å². The zero-order valence-electron chi connectivity index (χ0n) is 20.3. The van der Waals surface area contributed by atoms with Crippen LogP contribution >= 0.6 is 0 Å². The van der Waals surface area contributed by atoms with E-state index in [2.05, 4.69) is 17.5 Å². The molecule has 5 aliphatic rings. The molecule has 0 spiro atoms. The van der Waals surface area contributed by atoms with E-state index >= 15 is 0 Å². The Balaban J connectivity index is 1.06. The molecular formula is C31H26N2O4. The van der Waals surface area contributed by atoms with Gasteiger partial charge in [0.05, 0.1) is 17.5 Å². The van der Waals surface area contributed by atoms with Gasteiger partial charge in [-0.05, 0) is 91.6 Å². The number of rotatable bonds is 5. The number of nitrogens with zero attached hydrogens (tertiary/aromatic N) is 1. The average molecular weight is 491 g/mol. The third kappa shape index (κ3) is 3.58. The first-order valence-corrected chi connectivity index (χ1v) is 12.8. The largest absolute Gasteiger partial charge is 0.457 e. The smallest absolute Gasteiger partial charge is 0.255 e. The molecule has 2 saturated carbocycles. The Morgan fingerprint density at radius 2 is 1.43 bits per heavy atom. The first kappa shape index (κ1) is 22.0. The highest BCUT2D eigenvalue weighted by Crippen LogP contribution is 2.65. The fourth-order valence-electron chi connectivity index (χ4n) is 6.55. The molecule has 0 aromatic heterocycles. The molecule has 1 aliphatic heterocycles. The molecular weight excluding hydrogens is 464 g/mol. The molecule has 1 N–H and O–H groups in total. The second-order valence-electron chi connectivity index (χ2n) is 10.6. The Kier molecular flexibility index (Phi) is 4.86. The predicted molar refractivity (Wildman–Crippen MR) is 139 cm³/mol. The molecule has 6 nitrogen and oxygen atoms in total. The highest BCUT2D eigenvalue weighted by atomic mass is 16.5. The summed E-state index contributed by atoms with van der Waals surface area (Å²) in [7, 11) is 0. The van der Waals surface area contributed by atoms with Gasteiger partial charge in [-0.3, -0.25) is 14.4 Å². The van der Waals surface area contributed by atoms with Crippen molar-refractivity contribution in [3.05, 3.63) is 96.1 Å². The molecule has 1 saturated heterocycles. The summed E-state index contributed by atoms with van der Waals surface area (Å²) in [4.78, 5) is 41.2. The first-order valence-electron chi connectivity index (χ1n) is 12.8. The molecule has 2 bridgehead atoms. The van der Waals surface area contributed by atoms with Crippen LogP contribution in [0.1, 0.15) is 22.3 Å². The molecule has 37 heavy (non-hydrogen) atoms. The van der Waals surface area contributed by atoms with E-state index in [0.29, 0.717) is 34.5 Å². The quantitative estimate of drug-likeness (QED) is 0.373. The van der Waals surface area contributed by atoms with Crippen molar-refractivity contribution in [2.24, 2.45) is 35.5 Å². The van der Waals surface area contributed by atoms with Crippen LogP contribution in [0.3, 0.4) is 0 Å². The summed E-state index contributed by atoms with van der Waals surface area (Å²) in [6.45, 7) is 2.02. The van der Waals surface area contributed by atoms with E-state index < -0.39 is 0 Å². The van der Waals surface area contributed by atoms with Crippen LogP contribution in [-0.2, 0) is 9.59 Å². The minimum Gasteiger partial charge on any atom is -0.457 e. The number of nitrogens with one attached hydrogen (secondary N) is 1. The number of carbonyl (C=O) groups is 3. The number of hydrogen-bond acceptors (Lipinski definition) is 4. The summed E-state index contributed by atoms with van der Waals surface area (Å²) in [5.41, 5.74) is 2.63. The van der Waals surface area contributed by atoms with Crippen LogP contribution in [0.4, 0.5) is 11.4 Å². The van der Waals surface area contributed by atoms with E-state index in [1.54, 1.807) is 48.5 Å². The third-order valence-electron chi connectivity index (χ3n) is 8.40. The number of benzene rings is 3. The van der Waals surface area contributed by atoms with E-state index in [-0.39, 0.29) is 41.4 Å². The van der Waals surface area contributed by atoms with Crippen LogP contribution in [-0.4, -0.2) is 17.7 Å². The minimum atomic E-state index is -0.312. The molecule has 184 valence electrons. The second-order valence-corrected chi connectivity index (χ2v) is 10.6. The van der Waals surface area contributed by atoms with Gasteiger partial charge < -0.3 is 10.1 Å². The van der Waals surface area contributed by atoms with Gasteiger partial charge in [-0.1, -0.05) is 35.9 Å². The maximum absolute atomic E-state index is 13.4. The van der Waals surface area contributed by atoms with Crippen LogP contribution in [0.15, 0.2) is 84.9 Å². The van der Waals surface area contributed by atoms with Crippen LogP contribution in [0.25, 0.3) is 0 Å². The van der Waals surface area contributed by atoms with E-state index in [9.17, 15) is 14.4 Å². The number of aryl methyl sites for hydroxylation is 1. The summed E-state index contributed by atoms with van der Waals surface area (Å²) in [6.07, 6.45) is 5.45. The summed E-state index contributed by atoms with van der Waals surface area (Å²) in [5.74, 6) is 1.78. The Morgan fingerprint density at radius 1 is 0.838 bits per heavy atom. The first-order chi connectivity index (χ1) is 18.0. The number of ether oxygens (including phenoxy) is 1. The van der Waals surface area contributed by atoms with Crippen molar-refractivity contribution in [1.29, 1.82) is 0 Å². The van der Waals surface area contributed by atoms with Crippen LogP contribution < -0.4 is 15.0 Å². The number of allylic oxidation sites excluding steroid dienone is 2. The fraction of sp³-hybridized carbons (Fsp3) is 0.258. The zero-order chi connectivity index (χ0) is 25.3. The van der Waals surface area contributed by atoms with Crippen molar-refractivity contribution >= 4 is 29.1 Å². The van der Waals surface area contributed by atoms with Crippen molar-refractivity contribution in [2.75, 3.05) is 10.2 Å². The standard InChI is InChI=1S/C31H26N2O4/c1-17-5-9-21(10-6-17)37-22-11-7-19(8-12-22)32-29(34)18-3-2-4-20(15-18)33-30(35)27-23-13-14-24(26-16-25(23)26)28(27)31(33)36/h2-15,23-28H,16H2,1H3,(H,32,34)/t23-,24-,25-,26+,27-,28+/m0/s1. The lowest BCUT2D eigenvalue weighted by atomic mass is 9.63. The molecule has 3 aromatic carbocycles. The lowest BCUT2D eigenvalue weighted by molar-refractivity contribution is -0.124. The molecule has 3 fully saturated rings. The molecule has 6 heteroatoms. The van der Waals surface area contributed by atoms with Gasteiger partial charge in [0, 0.05) is 11.3 Å². The van der Waals surface area contributed by atoms with Gasteiger partial charge >= 0.3 is 0 Å². The van der Waals surface area contributed by atoms with Gasteiger partial charge in [-0.2, -0.15) is 0 Å². The number of hydrogen-bond donors (Lipinski definition) is 1. The molecule has 8 rings (SSSR count). The number of imide groups is 1. The highest BCUT2D eigenvalue weighted by molar-refractivity contribution is 6.23. The van der Waals surface area contributed by atoms with Crippen LogP contribution in [0.5, 0.6) is 11.5 Å². The Labute approximate surface area is 214 Å². The topological polar surface area (TPSA) is 75.7 Å². The van der Waals surface area contributed by atoms with Gasteiger partial charge in [0.15, 0.2) is 0 Å². The van der Waals surface area contributed by atoms with Crippen molar-refractivity contribution in [3.63, 3.8) is 0 Å². The Morgan fingerprint density at radius 3 is 2.05 bits per heavy atom. The Hall–Kier alpha value is -4.19. The van der Waals surface area contributed by atoms with E-state index in [4.69, 9.17) is 4.74 Å². The van der Waals surface area contributed by atoms with Gasteiger partial charge in [-0.25, -0.2) is 4.90 Å². The van der Waals surface area contributed by atoms with Gasteiger partial charge in [0.25, 0.3) is 5.91 Å². The maximum atomic E-state index is 13.4. The fourth-order valence-corrected chi connectivity index (χ4v) is 6.55. The highest BCUT2D eigenvalue weighted by Gasteiger charge is 2.67. The molecule has 6 atom stereocenters. The third-order valence-corrected chi connectivity index (χ3v) is 8.40. The summed E-state index contributed by atoms with van der Waals surface area (Å²) in [6, 6.07) is 21.7. The van der Waals surface area contributed by atoms with Crippen molar-refractivity contribution in [1.82, 2.24) is 0 Å². The average Bonchev–Trinajstić information content (AvgIpc) is 3.69. The number of amides is 3. The normalized spacial score (nSPS) is 28.6. The van der Waals surface area contributed by atoms with Gasteiger partial charge in [0.1, 0.15) is 11.5 Å². The van der Waals surface area contributed by atoms with Gasteiger partial charge in [0.2, 0.25) is 11.8 Å².